The quantitative estimate of drug-likeness (QED) is 0.842. The minimum atomic E-state index is -4.45. The molecule has 1 aliphatic carbocycles. The Morgan fingerprint density at radius 2 is 1.93 bits per heavy atom. The van der Waals surface area contributed by atoms with Gasteiger partial charge in [0.15, 0.2) is 11.5 Å². The average molecular weight is 394 g/mol. The molecule has 0 unspecified atom stereocenters. The van der Waals surface area contributed by atoms with Gasteiger partial charge in [-0.15, -0.1) is 5.10 Å². The summed E-state index contributed by atoms with van der Waals surface area (Å²) in [6, 6.07) is 2.56. The van der Waals surface area contributed by atoms with Gasteiger partial charge in [0.1, 0.15) is 0 Å². The van der Waals surface area contributed by atoms with Gasteiger partial charge in [-0.3, -0.25) is 4.79 Å². The van der Waals surface area contributed by atoms with Crippen LogP contribution in [-0.4, -0.2) is 56.5 Å². The van der Waals surface area contributed by atoms with Crippen LogP contribution in [0.15, 0.2) is 24.5 Å². The van der Waals surface area contributed by atoms with Gasteiger partial charge >= 0.3 is 6.18 Å². The number of hydrogen-bond donors (Lipinski definition) is 1. The summed E-state index contributed by atoms with van der Waals surface area (Å²) in [4.78, 5) is 18.1. The van der Waals surface area contributed by atoms with Crippen LogP contribution in [0, 0.1) is 5.92 Å². The fourth-order valence-corrected chi connectivity index (χ4v) is 3.27. The molecule has 0 aromatic carbocycles. The third kappa shape index (κ3) is 4.32. The summed E-state index contributed by atoms with van der Waals surface area (Å²) in [6.07, 6.45) is 2.10. The van der Waals surface area contributed by atoms with Crippen LogP contribution in [0.5, 0.6) is 0 Å². The highest BCUT2D eigenvalue weighted by atomic mass is 19.4. The van der Waals surface area contributed by atoms with Crippen LogP contribution < -0.4 is 5.32 Å². The lowest BCUT2D eigenvalue weighted by atomic mass is 10.0. The molecule has 1 amide bonds. The summed E-state index contributed by atoms with van der Waals surface area (Å²) in [7, 11) is 0. The third-order valence-corrected chi connectivity index (χ3v) is 5.20. The molecule has 1 N–H and O–H groups in total. The van der Waals surface area contributed by atoms with Gasteiger partial charge in [-0.25, -0.2) is 9.67 Å². The summed E-state index contributed by atoms with van der Waals surface area (Å²) in [5, 5.41) is 11.3. The largest absolute Gasteiger partial charge is 0.417 e. The maximum absolute atomic E-state index is 12.6. The van der Waals surface area contributed by atoms with Crippen LogP contribution in [0.4, 0.5) is 13.2 Å². The predicted molar refractivity (Wildman–Crippen MR) is 93.8 cm³/mol. The van der Waals surface area contributed by atoms with E-state index >= 15 is 0 Å². The first-order valence-electron chi connectivity index (χ1n) is 9.39. The Balaban J connectivity index is 1.35. The van der Waals surface area contributed by atoms with Crippen molar-refractivity contribution >= 4 is 5.91 Å². The SMILES string of the molecule is O=C(c1cn(-c2ccc(C(F)(F)F)cn2)nn1)N1CCC(NCC2CC2)CC1. The molecule has 0 bridgehead atoms. The number of carbonyl (C=O) groups is 1. The first-order valence-corrected chi connectivity index (χ1v) is 9.39. The third-order valence-electron chi connectivity index (χ3n) is 5.20. The second-order valence-corrected chi connectivity index (χ2v) is 7.37. The molecule has 150 valence electrons. The normalized spacial score (nSPS) is 18.5. The van der Waals surface area contributed by atoms with Crippen LogP contribution in [0.25, 0.3) is 5.82 Å². The van der Waals surface area contributed by atoms with Gasteiger partial charge in [0.05, 0.1) is 11.8 Å². The lowest BCUT2D eigenvalue weighted by molar-refractivity contribution is -0.137. The number of nitrogens with zero attached hydrogens (tertiary/aromatic N) is 5. The molecule has 2 aliphatic rings. The van der Waals surface area contributed by atoms with Gasteiger partial charge in [-0.2, -0.15) is 13.2 Å². The van der Waals surface area contributed by atoms with E-state index in [0.29, 0.717) is 19.1 Å². The molecule has 4 rings (SSSR count). The van der Waals surface area contributed by atoms with Crippen LogP contribution in [0.1, 0.15) is 41.7 Å². The summed E-state index contributed by atoms with van der Waals surface area (Å²) in [5.41, 5.74) is -0.683. The summed E-state index contributed by atoms with van der Waals surface area (Å²) < 4.78 is 39.1. The molecule has 2 aromatic rings. The van der Waals surface area contributed by atoms with Gasteiger partial charge in [0, 0.05) is 25.3 Å². The zero-order chi connectivity index (χ0) is 19.7. The molecule has 0 radical (unpaired) electrons. The molecular formula is C18H21F3N6O. The number of piperidine rings is 1. The highest BCUT2D eigenvalue weighted by molar-refractivity contribution is 5.92. The summed E-state index contributed by atoms with van der Waals surface area (Å²) in [5.74, 6) is 0.773. The second-order valence-electron chi connectivity index (χ2n) is 7.37. The minimum absolute atomic E-state index is 0.158. The van der Waals surface area contributed by atoms with Gasteiger partial charge in [0.2, 0.25) is 0 Å². The maximum atomic E-state index is 12.6. The van der Waals surface area contributed by atoms with E-state index < -0.39 is 11.7 Å². The fourth-order valence-electron chi connectivity index (χ4n) is 3.27. The molecule has 0 spiro atoms. The number of halogens is 3. The first kappa shape index (κ1) is 18.9. The number of pyridine rings is 1. The van der Waals surface area contributed by atoms with Crippen LogP contribution in [-0.2, 0) is 6.18 Å². The van der Waals surface area contributed by atoms with Crippen molar-refractivity contribution in [1.29, 1.82) is 0 Å². The number of amides is 1. The molecule has 7 nitrogen and oxygen atoms in total. The highest BCUT2D eigenvalue weighted by Gasteiger charge is 2.31. The molecule has 10 heteroatoms. The Morgan fingerprint density at radius 1 is 1.18 bits per heavy atom. The zero-order valence-corrected chi connectivity index (χ0v) is 15.2. The summed E-state index contributed by atoms with van der Waals surface area (Å²) in [6.45, 7) is 2.35. The monoisotopic (exact) mass is 394 g/mol. The molecular weight excluding hydrogens is 373 g/mol. The van der Waals surface area contributed by atoms with Crippen molar-refractivity contribution in [2.45, 2.75) is 37.9 Å². The number of alkyl halides is 3. The van der Waals surface area contributed by atoms with Crippen molar-refractivity contribution in [1.82, 2.24) is 30.2 Å². The molecule has 3 heterocycles. The number of carbonyl (C=O) groups excluding carboxylic acids is 1. The van der Waals surface area contributed by atoms with E-state index in [2.05, 4.69) is 20.6 Å². The standard InChI is InChI=1S/C18H21F3N6O/c19-18(20,21)13-3-4-16(23-10-13)27-11-15(24-25-27)17(28)26-7-5-14(6-8-26)22-9-12-1-2-12/h3-4,10-12,14,22H,1-2,5-9H2. The molecule has 2 aromatic heterocycles. The molecule has 28 heavy (non-hydrogen) atoms. The number of hydrogen-bond acceptors (Lipinski definition) is 5. The number of likely N-dealkylation sites (tertiary alicyclic amines) is 1. The summed E-state index contributed by atoms with van der Waals surface area (Å²) >= 11 is 0. The predicted octanol–water partition coefficient (Wildman–Crippen LogP) is 2.29. The van der Waals surface area contributed by atoms with Gasteiger partial charge in [-0.1, -0.05) is 5.21 Å². The van der Waals surface area contributed by atoms with E-state index in [9.17, 15) is 18.0 Å². The van der Waals surface area contributed by atoms with E-state index in [0.717, 1.165) is 37.6 Å². The fraction of sp³-hybridized carbons (Fsp3) is 0.556. The lowest BCUT2D eigenvalue weighted by Crippen LogP contribution is -2.45. The van der Waals surface area contributed by atoms with E-state index in [1.807, 2.05) is 0 Å². The number of rotatable bonds is 5. The van der Waals surface area contributed by atoms with Crippen LogP contribution in [0.3, 0.4) is 0 Å². The van der Waals surface area contributed by atoms with Gasteiger partial charge < -0.3 is 10.2 Å². The van der Waals surface area contributed by atoms with E-state index in [4.69, 9.17) is 0 Å². The highest BCUT2D eigenvalue weighted by Crippen LogP contribution is 2.29. The Kier molecular flexibility index (Phi) is 5.05. The van der Waals surface area contributed by atoms with Gasteiger partial charge in [0.25, 0.3) is 5.91 Å². The average Bonchev–Trinajstić information content (AvgIpc) is 3.39. The lowest BCUT2D eigenvalue weighted by Gasteiger charge is -2.32. The minimum Gasteiger partial charge on any atom is -0.337 e. The van der Waals surface area contributed by atoms with Crippen molar-refractivity contribution in [2.75, 3.05) is 19.6 Å². The van der Waals surface area contributed by atoms with Crippen LogP contribution >= 0.6 is 0 Å². The molecule has 0 atom stereocenters. The van der Waals surface area contributed by atoms with Crippen molar-refractivity contribution in [3.63, 3.8) is 0 Å². The second kappa shape index (κ2) is 7.50. The molecule has 1 saturated carbocycles. The topological polar surface area (TPSA) is 75.9 Å². The first-order chi connectivity index (χ1) is 13.4. The Bertz CT molecular complexity index is 823. The van der Waals surface area contributed by atoms with E-state index in [1.165, 1.54) is 29.8 Å². The molecule has 1 saturated heterocycles. The zero-order valence-electron chi connectivity index (χ0n) is 15.2. The molecule has 1 aliphatic heterocycles. The number of nitrogens with one attached hydrogen (secondary N) is 1. The van der Waals surface area contributed by atoms with Crippen molar-refractivity contribution in [2.24, 2.45) is 5.92 Å². The molecule has 2 fully saturated rings. The van der Waals surface area contributed by atoms with Crippen molar-refractivity contribution in [3.8, 4) is 5.82 Å². The Labute approximate surface area is 159 Å². The van der Waals surface area contributed by atoms with E-state index in [1.54, 1.807) is 4.90 Å². The Morgan fingerprint density at radius 3 is 2.54 bits per heavy atom. The van der Waals surface area contributed by atoms with Crippen LogP contribution in [0.2, 0.25) is 0 Å². The van der Waals surface area contributed by atoms with Crippen molar-refractivity contribution in [3.05, 3.63) is 35.8 Å². The smallest absolute Gasteiger partial charge is 0.337 e. The van der Waals surface area contributed by atoms with Gasteiger partial charge in [-0.05, 0) is 50.3 Å². The number of aromatic nitrogens is 4. The van der Waals surface area contributed by atoms with Crippen molar-refractivity contribution < 1.29 is 18.0 Å². The van der Waals surface area contributed by atoms with E-state index in [-0.39, 0.29) is 17.4 Å². The maximum Gasteiger partial charge on any atom is 0.417 e. The Hall–Kier alpha value is -2.49.